The van der Waals surface area contributed by atoms with Crippen molar-refractivity contribution in [1.82, 2.24) is 24.5 Å². The number of H-pyrrole nitrogens is 1. The van der Waals surface area contributed by atoms with Crippen molar-refractivity contribution >= 4 is 22.6 Å². The Bertz CT molecular complexity index is 856. The molecule has 0 aliphatic carbocycles. The summed E-state index contributed by atoms with van der Waals surface area (Å²) in [5, 5.41) is 4.28. The number of rotatable bonds is 4. The Morgan fingerprint density at radius 1 is 1.42 bits per heavy atom. The van der Waals surface area contributed by atoms with Crippen LogP contribution in [0.3, 0.4) is 0 Å². The van der Waals surface area contributed by atoms with Gasteiger partial charge in [-0.15, -0.1) is 5.10 Å². The lowest BCUT2D eigenvalue weighted by Gasteiger charge is -2.22. The number of imidazole rings is 1. The number of hydrogen-bond acceptors (Lipinski definition) is 5. The van der Waals surface area contributed by atoms with Crippen molar-refractivity contribution in [2.75, 3.05) is 6.54 Å². The third kappa shape index (κ3) is 2.82. The molecule has 1 N–H and O–H groups in total. The maximum Gasteiger partial charge on any atom is 0.125 e. The average molecular weight is 345 g/mol. The van der Waals surface area contributed by atoms with Gasteiger partial charge in [-0.2, -0.15) is 0 Å². The van der Waals surface area contributed by atoms with Gasteiger partial charge in [0, 0.05) is 6.54 Å². The molecule has 3 aromatic rings. The fourth-order valence-electron chi connectivity index (χ4n) is 3.43. The van der Waals surface area contributed by atoms with Gasteiger partial charge in [-0.1, -0.05) is 18.3 Å². The molecule has 0 amide bonds. The third-order valence-electron chi connectivity index (χ3n) is 4.62. The third-order valence-corrected chi connectivity index (χ3v) is 5.34. The molecule has 1 aromatic carbocycles. The molecule has 1 aliphatic rings. The van der Waals surface area contributed by atoms with Crippen LogP contribution in [0.15, 0.2) is 18.2 Å². The van der Waals surface area contributed by atoms with Gasteiger partial charge in [-0.25, -0.2) is 9.37 Å². The highest BCUT2D eigenvalue weighted by Crippen LogP contribution is 2.34. The van der Waals surface area contributed by atoms with Crippen molar-refractivity contribution in [3.05, 3.63) is 40.4 Å². The predicted octanol–water partition coefficient (Wildman–Crippen LogP) is 4.01. The highest BCUT2D eigenvalue weighted by atomic mass is 32.1. The van der Waals surface area contributed by atoms with Gasteiger partial charge in [0.25, 0.3) is 0 Å². The molecule has 0 saturated carbocycles. The van der Waals surface area contributed by atoms with Gasteiger partial charge in [0.1, 0.15) is 11.6 Å². The lowest BCUT2D eigenvalue weighted by molar-refractivity contribution is 0.242. The zero-order valence-electron chi connectivity index (χ0n) is 13.8. The molecule has 7 heteroatoms. The SMILES string of the molecule is CC(C)c1nnsc1CN1CCC[C@@H]1c1nc2ccc(F)cc2[nH]1. The fraction of sp³-hybridized carbons (Fsp3) is 0.471. The molecule has 0 radical (unpaired) electrons. The Morgan fingerprint density at radius 2 is 2.29 bits per heavy atom. The first-order valence-corrected chi connectivity index (χ1v) is 9.09. The van der Waals surface area contributed by atoms with E-state index in [1.807, 2.05) is 0 Å². The number of aromatic amines is 1. The first-order valence-electron chi connectivity index (χ1n) is 8.32. The first kappa shape index (κ1) is 15.7. The van der Waals surface area contributed by atoms with E-state index in [-0.39, 0.29) is 11.9 Å². The molecule has 0 bridgehead atoms. The lowest BCUT2D eigenvalue weighted by Crippen LogP contribution is -2.23. The number of nitrogens with zero attached hydrogens (tertiary/aromatic N) is 4. The number of nitrogens with one attached hydrogen (secondary N) is 1. The van der Waals surface area contributed by atoms with Crippen molar-refractivity contribution in [3.63, 3.8) is 0 Å². The summed E-state index contributed by atoms with van der Waals surface area (Å²) >= 11 is 1.49. The van der Waals surface area contributed by atoms with E-state index in [2.05, 4.69) is 38.3 Å². The normalized spacial score (nSPS) is 18.9. The van der Waals surface area contributed by atoms with Gasteiger partial charge in [0.05, 0.1) is 27.6 Å². The van der Waals surface area contributed by atoms with Crippen molar-refractivity contribution in [2.24, 2.45) is 0 Å². The molecule has 5 nitrogen and oxygen atoms in total. The Labute approximate surface area is 144 Å². The van der Waals surface area contributed by atoms with E-state index in [0.717, 1.165) is 48.5 Å². The zero-order valence-corrected chi connectivity index (χ0v) is 14.6. The molecule has 2 aromatic heterocycles. The Morgan fingerprint density at radius 3 is 3.12 bits per heavy atom. The Balaban J connectivity index is 1.60. The van der Waals surface area contributed by atoms with Gasteiger partial charge in [-0.3, -0.25) is 4.90 Å². The lowest BCUT2D eigenvalue weighted by atomic mass is 10.1. The van der Waals surface area contributed by atoms with Crippen molar-refractivity contribution in [3.8, 4) is 0 Å². The van der Waals surface area contributed by atoms with E-state index in [1.54, 1.807) is 6.07 Å². The molecular weight excluding hydrogens is 325 g/mol. The minimum Gasteiger partial charge on any atom is -0.341 e. The second-order valence-electron chi connectivity index (χ2n) is 6.65. The van der Waals surface area contributed by atoms with Crippen LogP contribution in [-0.2, 0) is 6.54 Å². The zero-order chi connectivity index (χ0) is 16.7. The van der Waals surface area contributed by atoms with Gasteiger partial charge in [0.2, 0.25) is 0 Å². The largest absolute Gasteiger partial charge is 0.341 e. The second kappa shape index (κ2) is 6.22. The predicted molar refractivity (Wildman–Crippen MR) is 92.4 cm³/mol. The minimum absolute atomic E-state index is 0.238. The summed E-state index contributed by atoms with van der Waals surface area (Å²) in [6.45, 7) is 6.18. The van der Waals surface area contributed by atoms with Crippen LogP contribution < -0.4 is 0 Å². The van der Waals surface area contributed by atoms with Crippen LogP contribution in [-0.4, -0.2) is 31.0 Å². The molecule has 1 fully saturated rings. The number of benzene rings is 1. The highest BCUT2D eigenvalue weighted by molar-refractivity contribution is 7.05. The summed E-state index contributed by atoms with van der Waals surface area (Å²) in [7, 11) is 0. The van der Waals surface area contributed by atoms with Crippen LogP contribution in [0, 0.1) is 5.82 Å². The first-order chi connectivity index (χ1) is 11.6. The van der Waals surface area contributed by atoms with E-state index in [4.69, 9.17) is 0 Å². The van der Waals surface area contributed by atoms with E-state index in [9.17, 15) is 4.39 Å². The van der Waals surface area contributed by atoms with Gasteiger partial charge in [0.15, 0.2) is 0 Å². The molecule has 0 spiro atoms. The van der Waals surface area contributed by atoms with Crippen LogP contribution in [0.5, 0.6) is 0 Å². The Kier molecular flexibility index (Phi) is 4.05. The van der Waals surface area contributed by atoms with Crippen molar-refractivity contribution in [2.45, 2.75) is 45.2 Å². The number of halogens is 1. The molecule has 1 saturated heterocycles. The number of likely N-dealkylation sites (tertiary alicyclic amines) is 1. The standard InChI is InChI=1S/C17H20FN5S/c1-10(2)16-15(24-22-21-16)9-23-7-3-4-14(23)17-19-12-6-5-11(18)8-13(12)20-17/h5-6,8,10,14H,3-4,7,9H2,1-2H3,(H,19,20)/t14-/m1/s1. The summed E-state index contributed by atoms with van der Waals surface area (Å²) in [6.07, 6.45) is 2.20. The highest BCUT2D eigenvalue weighted by Gasteiger charge is 2.30. The maximum atomic E-state index is 13.4. The number of fused-ring (bicyclic) bond motifs is 1. The van der Waals surface area contributed by atoms with E-state index in [1.165, 1.54) is 28.5 Å². The van der Waals surface area contributed by atoms with Crippen LogP contribution >= 0.6 is 11.5 Å². The van der Waals surface area contributed by atoms with Gasteiger partial charge < -0.3 is 4.98 Å². The van der Waals surface area contributed by atoms with E-state index < -0.39 is 0 Å². The molecule has 1 aliphatic heterocycles. The molecule has 4 rings (SSSR count). The molecule has 126 valence electrons. The molecule has 1 atom stereocenters. The van der Waals surface area contributed by atoms with Gasteiger partial charge in [-0.05, 0) is 55.0 Å². The fourth-order valence-corrected chi connectivity index (χ4v) is 4.25. The Hall–Kier alpha value is -1.86. The summed E-state index contributed by atoms with van der Waals surface area (Å²) in [6, 6.07) is 4.93. The average Bonchev–Trinajstić information content (AvgIpc) is 3.25. The maximum absolute atomic E-state index is 13.4. The second-order valence-corrected chi connectivity index (χ2v) is 7.49. The molecule has 0 unspecified atom stereocenters. The quantitative estimate of drug-likeness (QED) is 0.776. The molecular formula is C17H20FN5S. The van der Waals surface area contributed by atoms with Crippen molar-refractivity contribution in [1.29, 1.82) is 0 Å². The number of hydrogen-bond donors (Lipinski definition) is 1. The van der Waals surface area contributed by atoms with Crippen molar-refractivity contribution < 1.29 is 4.39 Å². The van der Waals surface area contributed by atoms with Crippen LogP contribution in [0.1, 0.15) is 55.0 Å². The smallest absolute Gasteiger partial charge is 0.125 e. The van der Waals surface area contributed by atoms with Crippen LogP contribution in [0.4, 0.5) is 4.39 Å². The summed E-state index contributed by atoms with van der Waals surface area (Å²) in [5.41, 5.74) is 2.68. The van der Waals surface area contributed by atoms with E-state index in [0.29, 0.717) is 5.92 Å². The van der Waals surface area contributed by atoms with E-state index >= 15 is 0 Å². The molecule has 24 heavy (non-hydrogen) atoms. The van der Waals surface area contributed by atoms with Crippen LogP contribution in [0.2, 0.25) is 0 Å². The van der Waals surface area contributed by atoms with Crippen LogP contribution in [0.25, 0.3) is 11.0 Å². The summed E-state index contributed by atoms with van der Waals surface area (Å²) in [4.78, 5) is 11.6. The molecule has 3 heterocycles. The summed E-state index contributed by atoms with van der Waals surface area (Å²) < 4.78 is 17.5. The topological polar surface area (TPSA) is 57.7 Å². The monoisotopic (exact) mass is 345 g/mol. The number of aromatic nitrogens is 4. The minimum atomic E-state index is -0.238. The van der Waals surface area contributed by atoms with Gasteiger partial charge >= 0.3 is 0 Å². The summed E-state index contributed by atoms with van der Waals surface area (Å²) in [5.74, 6) is 1.07.